The van der Waals surface area contributed by atoms with Crippen molar-refractivity contribution in [2.75, 3.05) is 7.11 Å². The summed E-state index contributed by atoms with van der Waals surface area (Å²) in [6.45, 7) is 1.61. The van der Waals surface area contributed by atoms with Gasteiger partial charge in [-0.05, 0) is 36.8 Å². The fourth-order valence-electron chi connectivity index (χ4n) is 2.38. The molecule has 2 aromatic heterocycles. The van der Waals surface area contributed by atoms with Gasteiger partial charge >= 0.3 is 0 Å². The lowest BCUT2D eigenvalue weighted by atomic mass is 10.2. The third-order valence-corrected chi connectivity index (χ3v) is 3.67. The molecule has 0 saturated carbocycles. The number of ether oxygens (including phenoxy) is 1. The van der Waals surface area contributed by atoms with Crippen molar-refractivity contribution in [2.24, 2.45) is 5.10 Å². The van der Waals surface area contributed by atoms with Gasteiger partial charge in [-0.3, -0.25) is 9.78 Å². The standard InChI is InChI=1S/C19H17N5O3/c1-12-16(18(25)23-17(22-12)15-8-3-4-9-20-15)19(26)24-21-11-13-6-5-7-14(10-13)27-2/h3-11H,1-2H3,(H,24,26)(H,22,23,25). The van der Waals surface area contributed by atoms with Gasteiger partial charge in [0, 0.05) is 6.20 Å². The van der Waals surface area contributed by atoms with Gasteiger partial charge in [0.25, 0.3) is 5.91 Å². The molecule has 0 atom stereocenters. The Labute approximate surface area is 155 Å². The quantitative estimate of drug-likeness (QED) is 0.532. The number of aryl methyl sites for hydroxylation is 1. The van der Waals surface area contributed by atoms with Crippen molar-refractivity contribution in [3.8, 4) is 23.1 Å². The van der Waals surface area contributed by atoms with Crippen molar-refractivity contribution in [2.45, 2.75) is 6.92 Å². The second-order valence-electron chi connectivity index (χ2n) is 5.52. The highest BCUT2D eigenvalue weighted by Gasteiger charge is 2.19. The van der Waals surface area contributed by atoms with Crippen LogP contribution in [-0.4, -0.2) is 39.3 Å². The van der Waals surface area contributed by atoms with Crippen LogP contribution in [0.15, 0.2) is 53.8 Å². The van der Waals surface area contributed by atoms with Gasteiger partial charge in [0.1, 0.15) is 17.0 Å². The van der Waals surface area contributed by atoms with Crippen molar-refractivity contribution in [1.29, 1.82) is 0 Å². The number of hydrazone groups is 1. The number of nitrogens with one attached hydrogen (secondary N) is 1. The average molecular weight is 363 g/mol. The lowest BCUT2D eigenvalue weighted by Gasteiger charge is -2.08. The van der Waals surface area contributed by atoms with Crippen LogP contribution in [-0.2, 0) is 0 Å². The van der Waals surface area contributed by atoms with E-state index in [1.165, 1.54) is 6.21 Å². The molecule has 0 aliphatic rings. The summed E-state index contributed by atoms with van der Waals surface area (Å²) in [4.78, 5) is 24.7. The molecule has 0 spiro atoms. The van der Waals surface area contributed by atoms with Crippen molar-refractivity contribution >= 4 is 12.1 Å². The molecule has 0 saturated heterocycles. The number of aromatic nitrogens is 3. The van der Waals surface area contributed by atoms with E-state index in [-0.39, 0.29) is 11.4 Å². The minimum absolute atomic E-state index is 0.0440. The van der Waals surface area contributed by atoms with E-state index in [1.54, 1.807) is 50.6 Å². The van der Waals surface area contributed by atoms with E-state index in [4.69, 9.17) is 4.74 Å². The Kier molecular flexibility index (Phi) is 5.36. The fraction of sp³-hybridized carbons (Fsp3) is 0.105. The highest BCUT2D eigenvalue weighted by atomic mass is 16.5. The summed E-state index contributed by atoms with van der Waals surface area (Å²) in [7, 11) is 1.57. The van der Waals surface area contributed by atoms with Crippen LogP contribution in [0.5, 0.6) is 11.6 Å². The number of benzene rings is 1. The van der Waals surface area contributed by atoms with E-state index in [0.29, 0.717) is 17.1 Å². The van der Waals surface area contributed by atoms with Crippen molar-refractivity contribution in [3.05, 3.63) is 65.5 Å². The van der Waals surface area contributed by atoms with Crippen molar-refractivity contribution in [3.63, 3.8) is 0 Å². The van der Waals surface area contributed by atoms with Gasteiger partial charge in [-0.15, -0.1) is 0 Å². The highest BCUT2D eigenvalue weighted by molar-refractivity contribution is 5.98. The van der Waals surface area contributed by atoms with Crippen LogP contribution < -0.4 is 10.2 Å². The minimum Gasteiger partial charge on any atom is -0.497 e. The molecule has 136 valence electrons. The summed E-state index contributed by atoms with van der Waals surface area (Å²) in [6.07, 6.45) is 3.06. The lowest BCUT2D eigenvalue weighted by Crippen LogP contribution is -2.20. The van der Waals surface area contributed by atoms with Gasteiger partial charge in [0.15, 0.2) is 5.82 Å². The molecule has 2 N–H and O–H groups in total. The lowest BCUT2D eigenvalue weighted by molar-refractivity contribution is 0.0950. The van der Waals surface area contributed by atoms with Gasteiger partial charge in [-0.1, -0.05) is 18.2 Å². The first kappa shape index (κ1) is 18.0. The van der Waals surface area contributed by atoms with E-state index >= 15 is 0 Å². The van der Waals surface area contributed by atoms with Gasteiger partial charge < -0.3 is 9.84 Å². The predicted molar refractivity (Wildman–Crippen MR) is 99.7 cm³/mol. The van der Waals surface area contributed by atoms with Crippen LogP contribution >= 0.6 is 0 Å². The molecule has 2 heterocycles. The first-order valence-electron chi connectivity index (χ1n) is 8.05. The van der Waals surface area contributed by atoms with Crippen molar-refractivity contribution in [1.82, 2.24) is 20.4 Å². The molecule has 0 aliphatic carbocycles. The Bertz CT molecular complexity index is 967. The first-order chi connectivity index (χ1) is 13.1. The van der Waals surface area contributed by atoms with Crippen LogP contribution in [0.25, 0.3) is 11.5 Å². The smallest absolute Gasteiger partial charge is 0.278 e. The number of amides is 1. The molecule has 0 aliphatic heterocycles. The van der Waals surface area contributed by atoms with E-state index in [2.05, 4.69) is 25.5 Å². The summed E-state index contributed by atoms with van der Waals surface area (Å²) in [5, 5.41) is 14.1. The highest BCUT2D eigenvalue weighted by Crippen LogP contribution is 2.21. The predicted octanol–water partition coefficient (Wildman–Crippen LogP) is 2.33. The van der Waals surface area contributed by atoms with Crippen LogP contribution in [0.4, 0.5) is 0 Å². The summed E-state index contributed by atoms with van der Waals surface area (Å²) in [6, 6.07) is 12.4. The maximum absolute atomic E-state index is 12.3. The number of rotatable bonds is 5. The number of carbonyl (C=O) groups excluding carboxylic acids is 1. The number of nitrogens with zero attached hydrogens (tertiary/aromatic N) is 4. The Morgan fingerprint density at radius 2 is 2.07 bits per heavy atom. The molecular weight excluding hydrogens is 346 g/mol. The zero-order valence-electron chi connectivity index (χ0n) is 14.7. The van der Waals surface area contributed by atoms with Gasteiger partial charge in [0.05, 0.1) is 19.0 Å². The number of pyridine rings is 1. The second-order valence-corrected chi connectivity index (χ2v) is 5.52. The molecule has 8 heteroatoms. The number of carbonyl (C=O) groups is 1. The molecule has 0 bridgehead atoms. The van der Waals surface area contributed by atoms with E-state index in [9.17, 15) is 9.90 Å². The summed E-state index contributed by atoms with van der Waals surface area (Å²) < 4.78 is 5.13. The second kappa shape index (κ2) is 8.05. The normalized spacial score (nSPS) is 10.7. The molecular formula is C19H17N5O3. The summed E-state index contributed by atoms with van der Waals surface area (Å²) in [5.74, 6) is -0.131. The summed E-state index contributed by atoms with van der Waals surface area (Å²) >= 11 is 0. The largest absolute Gasteiger partial charge is 0.497 e. The number of hydrogen-bond acceptors (Lipinski definition) is 7. The molecule has 0 radical (unpaired) electrons. The molecule has 1 amide bonds. The molecule has 0 fully saturated rings. The molecule has 3 rings (SSSR count). The minimum atomic E-state index is -0.614. The monoisotopic (exact) mass is 363 g/mol. The molecule has 3 aromatic rings. The van der Waals surface area contributed by atoms with Crippen molar-refractivity contribution < 1.29 is 14.6 Å². The van der Waals surface area contributed by atoms with E-state index < -0.39 is 11.8 Å². The Morgan fingerprint density at radius 3 is 2.78 bits per heavy atom. The topological polar surface area (TPSA) is 110 Å². The third kappa shape index (κ3) is 4.24. The first-order valence-corrected chi connectivity index (χ1v) is 8.05. The third-order valence-electron chi connectivity index (χ3n) is 3.67. The van der Waals surface area contributed by atoms with Crippen LogP contribution in [0.2, 0.25) is 0 Å². The molecule has 1 aromatic carbocycles. The molecule has 8 nitrogen and oxygen atoms in total. The Morgan fingerprint density at radius 1 is 1.22 bits per heavy atom. The number of methoxy groups -OCH3 is 1. The Balaban J connectivity index is 1.77. The fourth-order valence-corrected chi connectivity index (χ4v) is 2.38. The van der Waals surface area contributed by atoms with Gasteiger partial charge in [-0.25, -0.2) is 10.4 Å². The van der Waals surface area contributed by atoms with E-state index in [1.807, 2.05) is 12.1 Å². The van der Waals surface area contributed by atoms with Gasteiger partial charge in [0.2, 0.25) is 5.88 Å². The van der Waals surface area contributed by atoms with Crippen LogP contribution in [0.3, 0.4) is 0 Å². The zero-order chi connectivity index (χ0) is 19.2. The zero-order valence-corrected chi connectivity index (χ0v) is 14.7. The van der Waals surface area contributed by atoms with Crippen LogP contribution in [0, 0.1) is 6.92 Å². The number of aromatic hydroxyl groups is 1. The Hall–Kier alpha value is -3.81. The van der Waals surface area contributed by atoms with E-state index in [0.717, 1.165) is 5.56 Å². The SMILES string of the molecule is COc1cccc(C=NNC(=O)c2c(C)nc(-c3ccccn3)nc2O)c1. The number of hydrogen-bond donors (Lipinski definition) is 2. The summed E-state index contributed by atoms with van der Waals surface area (Å²) in [5.41, 5.74) is 3.88. The maximum atomic E-state index is 12.3. The average Bonchev–Trinajstić information content (AvgIpc) is 2.68. The van der Waals surface area contributed by atoms with Gasteiger partial charge in [-0.2, -0.15) is 10.1 Å². The maximum Gasteiger partial charge on any atom is 0.278 e. The molecule has 27 heavy (non-hydrogen) atoms. The van der Waals surface area contributed by atoms with Crippen LogP contribution in [0.1, 0.15) is 21.6 Å². The molecule has 0 unspecified atom stereocenters.